The van der Waals surface area contributed by atoms with Crippen LogP contribution in [0, 0.1) is 6.92 Å². The van der Waals surface area contributed by atoms with Crippen molar-refractivity contribution in [1.82, 2.24) is 15.4 Å². The van der Waals surface area contributed by atoms with Crippen molar-refractivity contribution in [3.8, 4) is 5.88 Å². The van der Waals surface area contributed by atoms with Gasteiger partial charge in [-0.1, -0.05) is 0 Å². The molecule has 1 atom stereocenters. The fourth-order valence-electron chi connectivity index (χ4n) is 1.70. The third kappa shape index (κ3) is 2.13. The van der Waals surface area contributed by atoms with Crippen LogP contribution >= 0.6 is 0 Å². The van der Waals surface area contributed by atoms with Gasteiger partial charge in [-0.25, -0.2) is 10.4 Å². The van der Waals surface area contributed by atoms with Crippen molar-refractivity contribution in [3.05, 3.63) is 41.7 Å². The summed E-state index contributed by atoms with van der Waals surface area (Å²) >= 11 is 0. The summed E-state index contributed by atoms with van der Waals surface area (Å²) in [6.07, 6.45) is 4.77. The molecule has 2 rings (SSSR count). The van der Waals surface area contributed by atoms with Gasteiger partial charge in [-0.15, -0.1) is 0 Å². The van der Waals surface area contributed by atoms with Crippen LogP contribution in [0.1, 0.15) is 23.1 Å². The number of furan rings is 1. The molecule has 6 nitrogen and oxygen atoms in total. The minimum absolute atomic E-state index is 0.308. The maximum Gasteiger partial charge on any atom is 0.237 e. The van der Waals surface area contributed by atoms with Gasteiger partial charge in [0, 0.05) is 18.0 Å². The van der Waals surface area contributed by atoms with Crippen LogP contribution < -0.4 is 16.0 Å². The highest BCUT2D eigenvalue weighted by atomic mass is 16.5. The second-order valence-corrected chi connectivity index (χ2v) is 3.48. The fraction of sp³-hybridized carbons (Fsp3) is 0.273. The Bertz CT molecular complexity index is 498. The summed E-state index contributed by atoms with van der Waals surface area (Å²) in [7, 11) is 1.54. The monoisotopic (exact) mass is 234 g/mol. The van der Waals surface area contributed by atoms with E-state index in [1.165, 1.54) is 0 Å². The third-order valence-corrected chi connectivity index (χ3v) is 2.53. The summed E-state index contributed by atoms with van der Waals surface area (Å²) < 4.78 is 10.4. The molecule has 0 aliphatic carbocycles. The van der Waals surface area contributed by atoms with Crippen molar-refractivity contribution in [3.63, 3.8) is 0 Å². The van der Waals surface area contributed by atoms with Crippen molar-refractivity contribution < 1.29 is 9.15 Å². The lowest BCUT2D eigenvalue weighted by atomic mass is 10.1. The van der Waals surface area contributed by atoms with Crippen LogP contribution in [0.5, 0.6) is 5.88 Å². The maximum atomic E-state index is 5.57. The average molecular weight is 234 g/mol. The molecular formula is C11H14N4O2. The van der Waals surface area contributed by atoms with Crippen molar-refractivity contribution in [2.75, 3.05) is 7.11 Å². The number of nitrogens with one attached hydrogen (secondary N) is 1. The van der Waals surface area contributed by atoms with E-state index in [1.54, 1.807) is 25.8 Å². The number of nitrogens with zero attached hydrogens (tertiary/aromatic N) is 2. The molecule has 0 aromatic carbocycles. The van der Waals surface area contributed by atoms with Gasteiger partial charge in [0.15, 0.2) is 0 Å². The number of hydrazine groups is 1. The van der Waals surface area contributed by atoms with Crippen molar-refractivity contribution in [2.45, 2.75) is 13.0 Å². The van der Waals surface area contributed by atoms with Crippen molar-refractivity contribution >= 4 is 0 Å². The lowest BCUT2D eigenvalue weighted by Gasteiger charge is -2.16. The van der Waals surface area contributed by atoms with Crippen LogP contribution in [0.4, 0.5) is 0 Å². The van der Waals surface area contributed by atoms with Crippen LogP contribution in [0.15, 0.2) is 29.1 Å². The molecular weight excluding hydrogens is 220 g/mol. The standard InChI is InChI=1S/C11H14N4O2/c1-7-8(3-6-17-7)9(15-12)10-11(16-2)14-5-4-13-10/h3-6,9,15H,12H2,1-2H3. The minimum atomic E-state index is -0.308. The first-order valence-electron chi connectivity index (χ1n) is 5.13. The Labute approximate surface area is 98.8 Å². The van der Waals surface area contributed by atoms with Gasteiger partial charge in [0.05, 0.1) is 19.4 Å². The first kappa shape index (κ1) is 11.6. The van der Waals surface area contributed by atoms with E-state index in [0.29, 0.717) is 11.6 Å². The Balaban J connectivity index is 2.46. The van der Waals surface area contributed by atoms with Crippen LogP contribution in [0.3, 0.4) is 0 Å². The number of nitrogens with two attached hydrogens (primary N) is 1. The van der Waals surface area contributed by atoms with E-state index in [2.05, 4.69) is 15.4 Å². The Morgan fingerprint density at radius 2 is 2.18 bits per heavy atom. The van der Waals surface area contributed by atoms with Crippen molar-refractivity contribution in [2.24, 2.45) is 5.84 Å². The zero-order valence-corrected chi connectivity index (χ0v) is 9.68. The minimum Gasteiger partial charge on any atom is -0.480 e. The first-order chi connectivity index (χ1) is 8.27. The van der Waals surface area contributed by atoms with Crippen LogP contribution in [0.25, 0.3) is 0 Å². The Morgan fingerprint density at radius 3 is 2.76 bits per heavy atom. The number of rotatable bonds is 4. The molecule has 0 radical (unpaired) electrons. The molecule has 3 N–H and O–H groups in total. The summed E-state index contributed by atoms with van der Waals surface area (Å²) in [6.45, 7) is 1.86. The number of aromatic nitrogens is 2. The molecule has 0 spiro atoms. The van der Waals surface area contributed by atoms with Gasteiger partial charge < -0.3 is 9.15 Å². The second kappa shape index (κ2) is 4.94. The number of methoxy groups -OCH3 is 1. The van der Waals surface area contributed by atoms with E-state index in [0.717, 1.165) is 11.3 Å². The molecule has 1 unspecified atom stereocenters. The van der Waals surface area contributed by atoms with Gasteiger partial charge in [-0.3, -0.25) is 10.8 Å². The highest BCUT2D eigenvalue weighted by Gasteiger charge is 2.22. The molecule has 6 heteroatoms. The predicted molar refractivity (Wildman–Crippen MR) is 61.2 cm³/mol. The molecule has 2 heterocycles. The van der Waals surface area contributed by atoms with E-state index < -0.39 is 0 Å². The lowest BCUT2D eigenvalue weighted by molar-refractivity contribution is 0.382. The SMILES string of the molecule is COc1nccnc1C(NN)c1ccoc1C. The van der Waals surface area contributed by atoms with E-state index >= 15 is 0 Å². The van der Waals surface area contributed by atoms with Gasteiger partial charge in [0.1, 0.15) is 11.5 Å². The molecule has 0 bridgehead atoms. The topological polar surface area (TPSA) is 86.2 Å². The molecule has 0 aliphatic rings. The van der Waals surface area contributed by atoms with Gasteiger partial charge in [0.25, 0.3) is 0 Å². The summed E-state index contributed by atoms with van der Waals surface area (Å²) in [5, 5.41) is 0. The Morgan fingerprint density at radius 1 is 1.41 bits per heavy atom. The van der Waals surface area contributed by atoms with E-state index in [4.69, 9.17) is 15.0 Å². The zero-order valence-electron chi connectivity index (χ0n) is 9.68. The molecule has 0 saturated heterocycles. The highest BCUT2D eigenvalue weighted by molar-refractivity contribution is 5.33. The van der Waals surface area contributed by atoms with E-state index in [1.807, 2.05) is 13.0 Å². The highest BCUT2D eigenvalue weighted by Crippen LogP contribution is 2.28. The predicted octanol–water partition coefficient (Wildman–Crippen LogP) is 0.939. The molecule has 2 aromatic rings. The number of aryl methyl sites for hydroxylation is 1. The molecule has 90 valence electrons. The lowest BCUT2D eigenvalue weighted by Crippen LogP contribution is -2.30. The third-order valence-electron chi connectivity index (χ3n) is 2.53. The van der Waals surface area contributed by atoms with Crippen LogP contribution in [0.2, 0.25) is 0 Å². The Kier molecular flexibility index (Phi) is 3.36. The zero-order chi connectivity index (χ0) is 12.3. The van der Waals surface area contributed by atoms with E-state index in [9.17, 15) is 0 Å². The molecule has 2 aromatic heterocycles. The number of hydrogen-bond donors (Lipinski definition) is 2. The van der Waals surface area contributed by atoms with Crippen molar-refractivity contribution in [1.29, 1.82) is 0 Å². The number of hydrogen-bond acceptors (Lipinski definition) is 6. The first-order valence-corrected chi connectivity index (χ1v) is 5.13. The van der Waals surface area contributed by atoms with Gasteiger partial charge in [0.2, 0.25) is 5.88 Å². The van der Waals surface area contributed by atoms with Crippen LogP contribution in [-0.2, 0) is 0 Å². The fourth-order valence-corrected chi connectivity index (χ4v) is 1.70. The Hall–Kier alpha value is -1.92. The largest absolute Gasteiger partial charge is 0.480 e. The summed E-state index contributed by atoms with van der Waals surface area (Å²) in [6, 6.07) is 1.53. The molecule has 0 fully saturated rings. The van der Waals surface area contributed by atoms with Gasteiger partial charge >= 0.3 is 0 Å². The van der Waals surface area contributed by atoms with E-state index in [-0.39, 0.29) is 6.04 Å². The molecule has 17 heavy (non-hydrogen) atoms. The molecule has 0 saturated carbocycles. The van der Waals surface area contributed by atoms with Gasteiger partial charge in [-0.2, -0.15) is 0 Å². The number of ether oxygens (including phenoxy) is 1. The molecule has 0 amide bonds. The quantitative estimate of drug-likeness (QED) is 0.604. The second-order valence-electron chi connectivity index (χ2n) is 3.48. The molecule has 0 aliphatic heterocycles. The van der Waals surface area contributed by atoms with Crippen LogP contribution in [-0.4, -0.2) is 17.1 Å². The average Bonchev–Trinajstić information content (AvgIpc) is 2.78. The smallest absolute Gasteiger partial charge is 0.237 e. The summed E-state index contributed by atoms with van der Waals surface area (Å²) in [4.78, 5) is 8.34. The summed E-state index contributed by atoms with van der Waals surface area (Å²) in [5.74, 6) is 6.79. The van der Waals surface area contributed by atoms with Gasteiger partial charge in [-0.05, 0) is 13.0 Å². The normalized spacial score (nSPS) is 12.4. The summed E-state index contributed by atoms with van der Waals surface area (Å²) in [5.41, 5.74) is 4.23. The maximum absolute atomic E-state index is 5.57.